The topological polar surface area (TPSA) is 46.6 Å². The molecule has 1 aliphatic rings. The van der Waals surface area contributed by atoms with Crippen molar-refractivity contribution in [2.45, 2.75) is 18.9 Å². The van der Waals surface area contributed by atoms with Gasteiger partial charge in [-0.3, -0.25) is 9.59 Å². The van der Waals surface area contributed by atoms with Crippen LogP contribution in [-0.2, 0) is 9.53 Å². The number of morpholine rings is 1. The van der Waals surface area contributed by atoms with Crippen molar-refractivity contribution in [2.75, 3.05) is 19.8 Å². The molecule has 0 unspecified atom stereocenters. The molecule has 23 heavy (non-hydrogen) atoms. The van der Waals surface area contributed by atoms with E-state index < -0.39 is 0 Å². The molecule has 1 amide bonds. The standard InChI is InChI=1S/C18H19NO3S/c20-16(17-7-4-12-23-17)8-9-18(21)19-10-11-22-13-15(19)14-5-2-1-3-6-14/h1-7,12,15H,8-11,13H2/t15-/m1/s1. The van der Waals surface area contributed by atoms with E-state index in [-0.39, 0.29) is 30.6 Å². The molecule has 2 aromatic rings. The molecule has 1 aromatic heterocycles. The molecule has 4 nitrogen and oxygen atoms in total. The average Bonchev–Trinajstić information content (AvgIpc) is 3.15. The first kappa shape index (κ1) is 15.9. The minimum atomic E-state index is -0.0608. The van der Waals surface area contributed by atoms with Gasteiger partial charge in [-0.15, -0.1) is 11.3 Å². The zero-order valence-corrected chi connectivity index (χ0v) is 13.6. The number of hydrogen-bond acceptors (Lipinski definition) is 4. The maximum Gasteiger partial charge on any atom is 0.223 e. The van der Waals surface area contributed by atoms with Crippen molar-refractivity contribution in [1.82, 2.24) is 4.90 Å². The molecular weight excluding hydrogens is 310 g/mol. The van der Waals surface area contributed by atoms with Crippen LogP contribution in [0.25, 0.3) is 0 Å². The Morgan fingerprint density at radius 2 is 1.96 bits per heavy atom. The van der Waals surface area contributed by atoms with Crippen LogP contribution in [0, 0.1) is 0 Å². The van der Waals surface area contributed by atoms with Crippen LogP contribution in [0.2, 0.25) is 0 Å². The van der Waals surface area contributed by atoms with Crippen LogP contribution in [0.3, 0.4) is 0 Å². The van der Waals surface area contributed by atoms with Crippen LogP contribution in [-0.4, -0.2) is 36.3 Å². The predicted octanol–water partition coefficient (Wildman–Crippen LogP) is 3.31. The number of ketones is 1. The van der Waals surface area contributed by atoms with E-state index in [9.17, 15) is 9.59 Å². The summed E-state index contributed by atoms with van der Waals surface area (Å²) in [6.07, 6.45) is 0.512. The number of benzene rings is 1. The quantitative estimate of drug-likeness (QED) is 0.791. The normalized spacial score (nSPS) is 17.9. The van der Waals surface area contributed by atoms with E-state index >= 15 is 0 Å². The van der Waals surface area contributed by atoms with E-state index in [1.54, 1.807) is 6.07 Å². The average molecular weight is 329 g/mol. The van der Waals surface area contributed by atoms with Gasteiger partial charge in [0.15, 0.2) is 5.78 Å². The van der Waals surface area contributed by atoms with Gasteiger partial charge in [-0.1, -0.05) is 36.4 Å². The van der Waals surface area contributed by atoms with Crippen LogP contribution in [0.5, 0.6) is 0 Å². The van der Waals surface area contributed by atoms with Crippen molar-refractivity contribution in [1.29, 1.82) is 0 Å². The molecule has 5 heteroatoms. The molecule has 1 aromatic carbocycles. The van der Waals surface area contributed by atoms with Gasteiger partial charge in [0.2, 0.25) is 5.91 Å². The largest absolute Gasteiger partial charge is 0.377 e. The Hall–Kier alpha value is -1.98. The van der Waals surface area contributed by atoms with Gasteiger partial charge in [0.05, 0.1) is 24.1 Å². The molecule has 0 bridgehead atoms. The second-order valence-electron chi connectivity index (χ2n) is 5.49. The fourth-order valence-corrected chi connectivity index (χ4v) is 3.47. The zero-order chi connectivity index (χ0) is 16.1. The highest BCUT2D eigenvalue weighted by Crippen LogP contribution is 2.25. The number of carbonyl (C=O) groups excluding carboxylic acids is 2. The first-order valence-corrected chi connectivity index (χ1v) is 8.62. The predicted molar refractivity (Wildman–Crippen MR) is 89.6 cm³/mol. The van der Waals surface area contributed by atoms with E-state index in [0.29, 0.717) is 19.8 Å². The van der Waals surface area contributed by atoms with Gasteiger partial charge in [0.1, 0.15) is 0 Å². The van der Waals surface area contributed by atoms with Crippen LogP contribution in [0.1, 0.15) is 34.1 Å². The second kappa shape index (κ2) is 7.53. The second-order valence-corrected chi connectivity index (χ2v) is 6.44. The van der Waals surface area contributed by atoms with Crippen LogP contribution in [0.15, 0.2) is 47.8 Å². The first-order valence-electron chi connectivity index (χ1n) is 7.74. The molecule has 0 N–H and O–H groups in total. The van der Waals surface area contributed by atoms with E-state index in [0.717, 1.165) is 10.4 Å². The minimum Gasteiger partial charge on any atom is -0.377 e. The van der Waals surface area contributed by atoms with Gasteiger partial charge >= 0.3 is 0 Å². The van der Waals surface area contributed by atoms with Crippen molar-refractivity contribution < 1.29 is 14.3 Å². The minimum absolute atomic E-state index is 0.0204. The van der Waals surface area contributed by atoms with Crippen LogP contribution < -0.4 is 0 Å². The van der Waals surface area contributed by atoms with Crippen molar-refractivity contribution in [3.8, 4) is 0 Å². The Morgan fingerprint density at radius 1 is 1.13 bits per heavy atom. The lowest BCUT2D eigenvalue weighted by atomic mass is 10.0. The highest BCUT2D eigenvalue weighted by atomic mass is 32.1. The summed E-state index contributed by atoms with van der Waals surface area (Å²) in [6.45, 7) is 1.63. The van der Waals surface area contributed by atoms with Gasteiger partial charge < -0.3 is 9.64 Å². The van der Waals surface area contributed by atoms with Crippen LogP contribution >= 0.6 is 11.3 Å². The summed E-state index contributed by atoms with van der Waals surface area (Å²) >= 11 is 1.42. The van der Waals surface area contributed by atoms with Gasteiger partial charge in [-0.2, -0.15) is 0 Å². The molecule has 2 heterocycles. The van der Waals surface area contributed by atoms with Gasteiger partial charge in [-0.25, -0.2) is 0 Å². The maximum atomic E-state index is 12.6. The highest BCUT2D eigenvalue weighted by Gasteiger charge is 2.28. The summed E-state index contributed by atoms with van der Waals surface area (Å²) in [4.78, 5) is 27.2. The summed E-state index contributed by atoms with van der Waals surface area (Å²) in [5, 5.41) is 1.88. The number of amides is 1. The summed E-state index contributed by atoms with van der Waals surface area (Å²) in [7, 11) is 0. The third-order valence-electron chi connectivity index (χ3n) is 4.00. The van der Waals surface area contributed by atoms with Crippen LogP contribution in [0.4, 0.5) is 0 Å². The lowest BCUT2D eigenvalue weighted by Gasteiger charge is -2.36. The molecule has 3 rings (SSSR count). The fraction of sp³-hybridized carbons (Fsp3) is 0.333. The van der Waals surface area contributed by atoms with E-state index in [1.807, 2.05) is 46.7 Å². The third kappa shape index (κ3) is 3.86. The molecule has 1 aliphatic heterocycles. The summed E-state index contributed by atoms with van der Waals surface area (Å²) in [5.41, 5.74) is 1.07. The Bertz CT molecular complexity index is 654. The molecule has 1 atom stereocenters. The number of Topliss-reactive ketones (excluding diaryl/α,β-unsaturated/α-hetero) is 1. The summed E-state index contributed by atoms with van der Waals surface area (Å²) < 4.78 is 5.54. The number of nitrogens with zero attached hydrogens (tertiary/aromatic N) is 1. The lowest BCUT2D eigenvalue weighted by Crippen LogP contribution is -2.43. The van der Waals surface area contributed by atoms with E-state index in [1.165, 1.54) is 11.3 Å². The molecule has 120 valence electrons. The summed E-state index contributed by atoms with van der Waals surface area (Å²) in [6, 6.07) is 13.5. The Balaban J connectivity index is 1.63. The molecule has 0 spiro atoms. The summed E-state index contributed by atoms with van der Waals surface area (Å²) in [5.74, 6) is 0.0601. The Labute approximate surface area is 139 Å². The fourth-order valence-electron chi connectivity index (χ4n) is 2.78. The molecule has 0 aliphatic carbocycles. The van der Waals surface area contributed by atoms with E-state index in [4.69, 9.17) is 4.74 Å². The van der Waals surface area contributed by atoms with Crippen molar-refractivity contribution >= 4 is 23.0 Å². The number of thiophene rings is 1. The molecule has 0 saturated carbocycles. The SMILES string of the molecule is O=C(CCC(=O)N1CCOC[C@@H]1c1ccccc1)c1cccs1. The lowest BCUT2D eigenvalue weighted by molar-refractivity contribution is -0.140. The van der Waals surface area contributed by atoms with Gasteiger partial charge in [0.25, 0.3) is 0 Å². The molecule has 1 saturated heterocycles. The van der Waals surface area contributed by atoms with E-state index in [2.05, 4.69) is 0 Å². The number of rotatable bonds is 5. The Kier molecular flexibility index (Phi) is 5.20. The highest BCUT2D eigenvalue weighted by molar-refractivity contribution is 7.12. The van der Waals surface area contributed by atoms with Crippen molar-refractivity contribution in [2.24, 2.45) is 0 Å². The maximum absolute atomic E-state index is 12.6. The zero-order valence-electron chi connectivity index (χ0n) is 12.8. The smallest absolute Gasteiger partial charge is 0.223 e. The van der Waals surface area contributed by atoms with Gasteiger partial charge in [0, 0.05) is 19.4 Å². The Morgan fingerprint density at radius 3 is 2.70 bits per heavy atom. The number of carbonyl (C=O) groups is 2. The number of ether oxygens (including phenoxy) is 1. The van der Waals surface area contributed by atoms with Gasteiger partial charge in [-0.05, 0) is 17.0 Å². The van der Waals surface area contributed by atoms with Crippen molar-refractivity contribution in [3.63, 3.8) is 0 Å². The third-order valence-corrected chi connectivity index (χ3v) is 4.91. The molecule has 0 radical (unpaired) electrons. The van der Waals surface area contributed by atoms with Crippen molar-refractivity contribution in [3.05, 3.63) is 58.3 Å². The first-order chi connectivity index (χ1) is 11.3. The monoisotopic (exact) mass is 329 g/mol. The molecule has 1 fully saturated rings. The number of hydrogen-bond donors (Lipinski definition) is 0. The molecular formula is C18H19NO3S.